The lowest BCUT2D eigenvalue weighted by molar-refractivity contribution is -0.105. The van der Waals surface area contributed by atoms with E-state index in [4.69, 9.17) is 10.8 Å². The highest BCUT2D eigenvalue weighted by Gasteiger charge is 1.84. The maximum atomic E-state index is 9.66. The maximum absolute atomic E-state index is 9.66. The molecule has 3 N–H and O–H groups in total. The third-order valence-electron chi connectivity index (χ3n) is 0.553. The monoisotopic (exact) mass is 101 g/mol. The highest BCUT2D eigenvalue weighted by molar-refractivity contribution is 5.72. The van der Waals surface area contributed by atoms with Gasteiger partial charge < -0.3 is 10.8 Å². The van der Waals surface area contributed by atoms with E-state index in [2.05, 4.69) is 0 Å². The molecular formula is C4H7NO2. The summed E-state index contributed by atoms with van der Waals surface area (Å²) in [7, 11) is 0. The van der Waals surface area contributed by atoms with Crippen molar-refractivity contribution in [1.82, 2.24) is 0 Å². The number of aliphatic hydroxyl groups excluding tert-OH is 1. The third-order valence-corrected chi connectivity index (χ3v) is 0.553. The first-order chi connectivity index (χ1) is 3.35. The van der Waals surface area contributed by atoms with Gasteiger partial charge in [0.25, 0.3) is 0 Å². The van der Waals surface area contributed by atoms with Gasteiger partial charge in [-0.1, -0.05) is 0 Å². The van der Waals surface area contributed by atoms with E-state index < -0.39 is 0 Å². The van der Waals surface area contributed by atoms with Crippen molar-refractivity contribution in [3.8, 4) is 0 Å². The number of aliphatic hydroxyl groups is 1. The molecule has 0 spiro atoms. The maximum Gasteiger partial charge on any atom is 0.150 e. The molecule has 3 nitrogen and oxygen atoms in total. The smallest absolute Gasteiger partial charge is 0.150 e. The SMILES string of the molecule is NC/C(C=O)=C\O. The van der Waals surface area contributed by atoms with Crippen molar-refractivity contribution in [3.63, 3.8) is 0 Å². The molecule has 0 saturated carbocycles. The van der Waals surface area contributed by atoms with Crippen LogP contribution in [0.25, 0.3) is 0 Å². The molecule has 0 heterocycles. The minimum atomic E-state index is 0.0972. The van der Waals surface area contributed by atoms with E-state index in [1.165, 1.54) is 0 Å². The minimum Gasteiger partial charge on any atom is -0.515 e. The standard InChI is InChI=1S/C4H7NO2/c5-1-4(2-6)3-7/h2-3,6H,1,5H2/b4-2+. The third kappa shape index (κ3) is 1.94. The van der Waals surface area contributed by atoms with Crippen LogP contribution in [0.4, 0.5) is 0 Å². The van der Waals surface area contributed by atoms with Gasteiger partial charge in [0.15, 0.2) is 0 Å². The molecule has 0 amide bonds. The molecule has 0 aromatic heterocycles. The van der Waals surface area contributed by atoms with Crippen LogP contribution in [0.5, 0.6) is 0 Å². The molecule has 3 heteroatoms. The normalized spacial score (nSPS) is 11.3. The Morgan fingerprint density at radius 1 is 1.86 bits per heavy atom. The van der Waals surface area contributed by atoms with Gasteiger partial charge in [-0.05, 0) is 0 Å². The zero-order chi connectivity index (χ0) is 5.70. The van der Waals surface area contributed by atoms with Crippen molar-refractivity contribution in [2.45, 2.75) is 0 Å². The summed E-state index contributed by atoms with van der Waals surface area (Å²) in [6.45, 7) is 0.0972. The Morgan fingerprint density at radius 3 is 2.43 bits per heavy atom. The van der Waals surface area contributed by atoms with Gasteiger partial charge in [-0.25, -0.2) is 0 Å². The Bertz CT molecular complexity index is 87.7. The Morgan fingerprint density at radius 2 is 2.43 bits per heavy atom. The van der Waals surface area contributed by atoms with Crippen LogP contribution in [-0.2, 0) is 4.79 Å². The molecule has 0 unspecified atom stereocenters. The van der Waals surface area contributed by atoms with Crippen LogP contribution in [0.3, 0.4) is 0 Å². The fourth-order valence-electron chi connectivity index (χ4n) is 0.131. The molecular weight excluding hydrogens is 94.0 g/mol. The summed E-state index contributed by atoms with van der Waals surface area (Å²) >= 11 is 0. The van der Waals surface area contributed by atoms with E-state index in [-0.39, 0.29) is 12.1 Å². The largest absolute Gasteiger partial charge is 0.515 e. The fourth-order valence-corrected chi connectivity index (χ4v) is 0.131. The summed E-state index contributed by atoms with van der Waals surface area (Å²) in [6.07, 6.45) is 1.22. The van der Waals surface area contributed by atoms with Gasteiger partial charge in [0.2, 0.25) is 0 Å². The molecule has 0 aliphatic heterocycles. The predicted octanol–water partition coefficient (Wildman–Crippen LogP) is -0.414. The van der Waals surface area contributed by atoms with Crippen LogP contribution < -0.4 is 5.73 Å². The van der Waals surface area contributed by atoms with Gasteiger partial charge in [0.05, 0.1) is 6.26 Å². The molecule has 40 valence electrons. The van der Waals surface area contributed by atoms with Crippen molar-refractivity contribution in [2.24, 2.45) is 5.73 Å². The Kier molecular flexibility index (Phi) is 2.96. The quantitative estimate of drug-likeness (QED) is 0.282. The van der Waals surface area contributed by atoms with Gasteiger partial charge >= 0.3 is 0 Å². The van der Waals surface area contributed by atoms with E-state index in [0.29, 0.717) is 12.5 Å². The van der Waals surface area contributed by atoms with Crippen LogP contribution in [0.15, 0.2) is 11.8 Å². The Labute approximate surface area is 41.4 Å². The average molecular weight is 101 g/mol. The highest BCUT2D eigenvalue weighted by atomic mass is 16.2. The molecule has 0 aromatic carbocycles. The second kappa shape index (κ2) is 3.36. The zero-order valence-electron chi connectivity index (χ0n) is 3.79. The van der Waals surface area contributed by atoms with Crippen LogP contribution in [0, 0.1) is 0 Å². The number of nitrogens with two attached hydrogens (primary N) is 1. The molecule has 0 aliphatic rings. The number of rotatable bonds is 2. The van der Waals surface area contributed by atoms with Crippen molar-refractivity contribution in [1.29, 1.82) is 0 Å². The summed E-state index contributed by atoms with van der Waals surface area (Å²) in [5.74, 6) is 0. The second-order valence-electron chi connectivity index (χ2n) is 1.03. The lowest BCUT2D eigenvalue weighted by Crippen LogP contribution is -2.03. The van der Waals surface area contributed by atoms with Crippen LogP contribution in [-0.4, -0.2) is 17.9 Å². The van der Waals surface area contributed by atoms with E-state index in [1.54, 1.807) is 0 Å². The van der Waals surface area contributed by atoms with E-state index in [1.807, 2.05) is 0 Å². The Hall–Kier alpha value is -0.830. The van der Waals surface area contributed by atoms with E-state index in [0.717, 1.165) is 0 Å². The van der Waals surface area contributed by atoms with Crippen molar-refractivity contribution in [2.75, 3.05) is 6.54 Å². The fraction of sp³-hybridized carbons (Fsp3) is 0.250. The molecule has 7 heavy (non-hydrogen) atoms. The van der Waals surface area contributed by atoms with Gasteiger partial charge in [0.1, 0.15) is 6.29 Å². The second-order valence-corrected chi connectivity index (χ2v) is 1.03. The molecule has 0 bridgehead atoms. The van der Waals surface area contributed by atoms with E-state index >= 15 is 0 Å². The lowest BCUT2D eigenvalue weighted by Gasteiger charge is -1.83. The summed E-state index contributed by atoms with van der Waals surface area (Å²) in [4.78, 5) is 9.66. The van der Waals surface area contributed by atoms with Crippen molar-refractivity contribution >= 4 is 6.29 Å². The van der Waals surface area contributed by atoms with Gasteiger partial charge in [0, 0.05) is 12.1 Å². The van der Waals surface area contributed by atoms with Crippen LogP contribution in [0.1, 0.15) is 0 Å². The molecule has 0 fully saturated rings. The van der Waals surface area contributed by atoms with Gasteiger partial charge in [-0.3, -0.25) is 4.79 Å². The predicted molar refractivity (Wildman–Crippen MR) is 25.8 cm³/mol. The molecule has 0 radical (unpaired) electrons. The van der Waals surface area contributed by atoms with Crippen LogP contribution >= 0.6 is 0 Å². The zero-order valence-corrected chi connectivity index (χ0v) is 3.79. The average Bonchev–Trinajstić information content (AvgIpc) is 1.72. The highest BCUT2D eigenvalue weighted by Crippen LogP contribution is 1.78. The first-order valence-electron chi connectivity index (χ1n) is 1.83. The lowest BCUT2D eigenvalue weighted by atomic mass is 10.3. The van der Waals surface area contributed by atoms with Gasteiger partial charge in [-0.2, -0.15) is 0 Å². The number of aldehydes is 1. The van der Waals surface area contributed by atoms with E-state index in [9.17, 15) is 4.79 Å². The van der Waals surface area contributed by atoms with Crippen molar-refractivity contribution < 1.29 is 9.90 Å². The molecule has 0 rings (SSSR count). The van der Waals surface area contributed by atoms with Crippen LogP contribution in [0.2, 0.25) is 0 Å². The minimum absolute atomic E-state index is 0.0972. The number of hydrogen-bond donors (Lipinski definition) is 2. The molecule has 0 aromatic rings. The molecule has 0 saturated heterocycles. The molecule has 0 aliphatic carbocycles. The first-order valence-corrected chi connectivity index (χ1v) is 1.83. The topological polar surface area (TPSA) is 63.3 Å². The molecule has 0 atom stereocenters. The number of hydrogen-bond acceptors (Lipinski definition) is 3. The summed E-state index contributed by atoms with van der Waals surface area (Å²) in [5, 5.41) is 8.05. The number of carbonyl (C=O) groups excluding carboxylic acids is 1. The summed E-state index contributed by atoms with van der Waals surface area (Å²) in [5.41, 5.74) is 5.14. The summed E-state index contributed by atoms with van der Waals surface area (Å²) < 4.78 is 0. The summed E-state index contributed by atoms with van der Waals surface area (Å²) in [6, 6.07) is 0. The van der Waals surface area contributed by atoms with Gasteiger partial charge in [-0.15, -0.1) is 0 Å². The van der Waals surface area contributed by atoms with Crippen molar-refractivity contribution in [3.05, 3.63) is 11.8 Å². The first kappa shape index (κ1) is 6.17. The Balaban J connectivity index is 3.60. The number of carbonyl (C=O) groups is 1.